The quantitative estimate of drug-likeness (QED) is 0.589. The summed E-state index contributed by atoms with van der Waals surface area (Å²) in [6.07, 6.45) is 5.03. The molecular formula is C16H19N5O2. The molecule has 3 heterocycles. The van der Waals surface area contributed by atoms with Gasteiger partial charge in [-0.3, -0.25) is 4.79 Å². The van der Waals surface area contributed by atoms with Gasteiger partial charge in [-0.25, -0.2) is 9.97 Å². The number of hydrogen-bond donors (Lipinski definition) is 4. The molecule has 7 nitrogen and oxygen atoms in total. The SMILES string of the molecule is C[C@@H](NC(=O)c1c[nH]c2ncc(-c3ccc[nH]3)nc12)C(C)(C)O. The minimum atomic E-state index is -1.01. The van der Waals surface area contributed by atoms with Gasteiger partial charge in [0, 0.05) is 12.4 Å². The van der Waals surface area contributed by atoms with Crippen LogP contribution in [-0.2, 0) is 0 Å². The lowest BCUT2D eigenvalue weighted by Gasteiger charge is -2.26. The standard InChI is InChI=1S/C16H19N5O2/c1-9(16(2,3)23)20-15(22)10-7-18-14-13(10)21-12(8-19-14)11-5-4-6-17-11/h4-9,17,23H,1-3H3,(H,18,19)(H,20,22)/t9-/m1/s1. The van der Waals surface area contributed by atoms with Gasteiger partial charge in [0.25, 0.3) is 5.91 Å². The number of hydrogen-bond acceptors (Lipinski definition) is 4. The van der Waals surface area contributed by atoms with E-state index in [4.69, 9.17) is 0 Å². The maximum atomic E-state index is 12.5. The van der Waals surface area contributed by atoms with E-state index in [-0.39, 0.29) is 5.91 Å². The Morgan fingerprint density at radius 2 is 2.17 bits per heavy atom. The molecule has 4 N–H and O–H groups in total. The number of aromatic amines is 2. The molecule has 0 spiro atoms. The normalized spacial score (nSPS) is 13.2. The maximum Gasteiger partial charge on any atom is 0.255 e. The number of nitrogens with zero attached hydrogens (tertiary/aromatic N) is 2. The molecule has 23 heavy (non-hydrogen) atoms. The molecule has 0 bridgehead atoms. The number of amides is 1. The maximum absolute atomic E-state index is 12.5. The Morgan fingerprint density at radius 1 is 1.39 bits per heavy atom. The minimum absolute atomic E-state index is 0.302. The van der Waals surface area contributed by atoms with E-state index < -0.39 is 11.6 Å². The number of fused-ring (bicyclic) bond motifs is 1. The fourth-order valence-corrected chi connectivity index (χ4v) is 2.13. The van der Waals surface area contributed by atoms with Crippen LogP contribution in [0.1, 0.15) is 31.1 Å². The fourth-order valence-electron chi connectivity index (χ4n) is 2.13. The molecule has 1 amide bonds. The number of aliphatic hydroxyl groups is 1. The highest BCUT2D eigenvalue weighted by molar-refractivity contribution is 6.04. The zero-order valence-electron chi connectivity index (χ0n) is 13.2. The molecule has 0 aliphatic rings. The highest BCUT2D eigenvalue weighted by Crippen LogP contribution is 2.20. The summed E-state index contributed by atoms with van der Waals surface area (Å²) < 4.78 is 0. The van der Waals surface area contributed by atoms with Crippen LogP contribution in [0, 0.1) is 0 Å². The summed E-state index contributed by atoms with van der Waals surface area (Å²) in [5.74, 6) is -0.302. The van der Waals surface area contributed by atoms with Gasteiger partial charge in [-0.05, 0) is 32.9 Å². The summed E-state index contributed by atoms with van der Waals surface area (Å²) in [7, 11) is 0. The average Bonchev–Trinajstić information content (AvgIpc) is 3.15. The highest BCUT2D eigenvalue weighted by atomic mass is 16.3. The molecule has 0 aliphatic carbocycles. The number of H-pyrrole nitrogens is 2. The van der Waals surface area contributed by atoms with Crippen LogP contribution in [0.5, 0.6) is 0 Å². The van der Waals surface area contributed by atoms with Crippen molar-refractivity contribution in [1.82, 2.24) is 25.3 Å². The molecule has 0 saturated carbocycles. The number of carbonyl (C=O) groups excluding carboxylic acids is 1. The summed E-state index contributed by atoms with van der Waals surface area (Å²) >= 11 is 0. The molecule has 120 valence electrons. The molecule has 0 saturated heterocycles. The average molecular weight is 313 g/mol. The van der Waals surface area contributed by atoms with E-state index in [1.807, 2.05) is 12.1 Å². The predicted molar refractivity (Wildman–Crippen MR) is 86.9 cm³/mol. The molecule has 0 radical (unpaired) electrons. The second-order valence-electron chi connectivity index (χ2n) is 6.09. The first-order valence-electron chi connectivity index (χ1n) is 7.37. The molecule has 0 aromatic carbocycles. The molecule has 0 unspecified atom stereocenters. The first kappa shape index (κ1) is 15.2. The van der Waals surface area contributed by atoms with Crippen molar-refractivity contribution in [2.75, 3.05) is 0 Å². The van der Waals surface area contributed by atoms with Gasteiger partial charge in [0.2, 0.25) is 0 Å². The second kappa shape index (κ2) is 5.51. The van der Waals surface area contributed by atoms with E-state index in [0.717, 1.165) is 5.69 Å². The van der Waals surface area contributed by atoms with Gasteiger partial charge < -0.3 is 20.4 Å². The lowest BCUT2D eigenvalue weighted by molar-refractivity contribution is 0.0409. The molecular weight excluding hydrogens is 294 g/mol. The molecule has 0 aliphatic heterocycles. The second-order valence-corrected chi connectivity index (χ2v) is 6.09. The summed E-state index contributed by atoms with van der Waals surface area (Å²) in [5.41, 5.74) is 1.92. The molecule has 1 atom stereocenters. The van der Waals surface area contributed by atoms with Crippen molar-refractivity contribution in [2.45, 2.75) is 32.4 Å². The van der Waals surface area contributed by atoms with Gasteiger partial charge in [-0.1, -0.05) is 0 Å². The van der Waals surface area contributed by atoms with Crippen molar-refractivity contribution >= 4 is 17.1 Å². The zero-order valence-corrected chi connectivity index (χ0v) is 13.2. The van der Waals surface area contributed by atoms with Crippen LogP contribution in [-0.4, -0.2) is 42.6 Å². The smallest absolute Gasteiger partial charge is 0.255 e. The van der Waals surface area contributed by atoms with Crippen molar-refractivity contribution < 1.29 is 9.90 Å². The Hall–Kier alpha value is -2.67. The number of nitrogens with one attached hydrogen (secondary N) is 3. The van der Waals surface area contributed by atoms with Gasteiger partial charge in [-0.2, -0.15) is 0 Å². The van der Waals surface area contributed by atoms with Crippen molar-refractivity contribution in [1.29, 1.82) is 0 Å². The van der Waals surface area contributed by atoms with Crippen LogP contribution in [0.2, 0.25) is 0 Å². The molecule has 0 fully saturated rings. The first-order chi connectivity index (χ1) is 10.9. The molecule has 7 heteroatoms. The van der Waals surface area contributed by atoms with Gasteiger partial charge in [0.1, 0.15) is 11.2 Å². The van der Waals surface area contributed by atoms with Crippen molar-refractivity contribution in [3.8, 4) is 11.4 Å². The number of aromatic nitrogens is 4. The van der Waals surface area contributed by atoms with Gasteiger partial charge in [-0.15, -0.1) is 0 Å². The lowest BCUT2D eigenvalue weighted by Crippen LogP contribution is -2.47. The topological polar surface area (TPSA) is 107 Å². The van der Waals surface area contributed by atoms with E-state index in [2.05, 4.69) is 25.3 Å². The third-order valence-electron chi connectivity index (χ3n) is 3.91. The third-order valence-corrected chi connectivity index (χ3v) is 3.91. The predicted octanol–water partition coefficient (Wildman–Crippen LogP) is 1.84. The fraction of sp³-hybridized carbons (Fsp3) is 0.312. The van der Waals surface area contributed by atoms with Crippen LogP contribution in [0.3, 0.4) is 0 Å². The van der Waals surface area contributed by atoms with E-state index in [1.165, 1.54) is 0 Å². The molecule has 3 rings (SSSR count). The van der Waals surface area contributed by atoms with Gasteiger partial charge in [0.05, 0.1) is 29.1 Å². The van der Waals surface area contributed by atoms with Gasteiger partial charge in [0.15, 0.2) is 5.65 Å². The molecule has 3 aromatic heterocycles. The van der Waals surface area contributed by atoms with E-state index in [9.17, 15) is 9.90 Å². The summed E-state index contributed by atoms with van der Waals surface area (Å²) in [5, 5.41) is 12.7. The summed E-state index contributed by atoms with van der Waals surface area (Å²) in [4.78, 5) is 27.3. The van der Waals surface area contributed by atoms with Crippen LogP contribution >= 0.6 is 0 Å². The lowest BCUT2D eigenvalue weighted by atomic mass is 10.0. The van der Waals surface area contributed by atoms with Crippen LogP contribution in [0.25, 0.3) is 22.6 Å². The minimum Gasteiger partial charge on any atom is -0.388 e. The Balaban J connectivity index is 1.95. The zero-order chi connectivity index (χ0) is 16.6. The third kappa shape index (κ3) is 2.95. The molecule has 3 aromatic rings. The Morgan fingerprint density at radius 3 is 2.83 bits per heavy atom. The van der Waals surface area contributed by atoms with Crippen molar-refractivity contribution in [2.24, 2.45) is 0 Å². The van der Waals surface area contributed by atoms with E-state index in [1.54, 1.807) is 39.4 Å². The van der Waals surface area contributed by atoms with Crippen molar-refractivity contribution in [3.63, 3.8) is 0 Å². The van der Waals surface area contributed by atoms with E-state index >= 15 is 0 Å². The van der Waals surface area contributed by atoms with Crippen molar-refractivity contribution in [3.05, 3.63) is 36.3 Å². The Labute approximate surface area is 133 Å². The van der Waals surface area contributed by atoms with E-state index in [0.29, 0.717) is 22.4 Å². The largest absolute Gasteiger partial charge is 0.388 e. The van der Waals surface area contributed by atoms with Crippen LogP contribution in [0.15, 0.2) is 30.7 Å². The highest BCUT2D eigenvalue weighted by Gasteiger charge is 2.25. The number of rotatable bonds is 4. The summed E-state index contributed by atoms with van der Waals surface area (Å²) in [6, 6.07) is 3.36. The Bertz CT molecular complexity index is 830. The monoisotopic (exact) mass is 313 g/mol. The Kier molecular flexibility index (Phi) is 3.65. The van der Waals surface area contributed by atoms with Gasteiger partial charge >= 0.3 is 0 Å². The number of carbonyl (C=O) groups is 1. The summed E-state index contributed by atoms with van der Waals surface area (Å²) in [6.45, 7) is 5.05. The van der Waals surface area contributed by atoms with Crippen LogP contribution in [0.4, 0.5) is 0 Å². The van der Waals surface area contributed by atoms with Crippen LogP contribution < -0.4 is 5.32 Å². The first-order valence-corrected chi connectivity index (χ1v) is 7.37.